The lowest BCUT2D eigenvalue weighted by Gasteiger charge is -1.96. The number of para-hydroxylation sites is 1. The molecule has 0 atom stereocenters. The van der Waals surface area contributed by atoms with Crippen molar-refractivity contribution in [3.05, 3.63) is 59.2 Å². The summed E-state index contributed by atoms with van der Waals surface area (Å²) in [6, 6.07) is 16.8. The van der Waals surface area contributed by atoms with Crippen molar-refractivity contribution in [2.24, 2.45) is 0 Å². The normalized spacial score (nSPS) is 11.4. The molecule has 2 N–H and O–H groups in total. The Morgan fingerprint density at radius 1 is 0.895 bits per heavy atom. The molecule has 4 rings (SSSR count). The lowest BCUT2D eigenvalue weighted by Crippen LogP contribution is -1.74. The molecule has 3 heteroatoms. The van der Waals surface area contributed by atoms with Gasteiger partial charge < -0.3 is 9.97 Å². The van der Waals surface area contributed by atoms with Crippen LogP contribution in [-0.2, 0) is 0 Å². The third kappa shape index (κ3) is 1.70. The first kappa shape index (κ1) is 10.9. The Morgan fingerprint density at radius 2 is 1.79 bits per heavy atom. The zero-order valence-electron chi connectivity index (χ0n) is 10.1. The number of hydrogen-bond donors (Lipinski definition) is 2. The van der Waals surface area contributed by atoms with E-state index in [1.807, 2.05) is 6.07 Å². The van der Waals surface area contributed by atoms with Crippen molar-refractivity contribution in [2.45, 2.75) is 0 Å². The third-order valence-corrected chi connectivity index (χ3v) is 3.96. The van der Waals surface area contributed by atoms with E-state index in [4.69, 9.17) is 0 Å². The summed E-state index contributed by atoms with van der Waals surface area (Å²) in [5, 5.41) is 2.46. The fourth-order valence-corrected chi connectivity index (χ4v) is 2.90. The first-order valence-electron chi connectivity index (χ1n) is 6.16. The Hall–Kier alpha value is -2.00. The van der Waals surface area contributed by atoms with E-state index in [0.29, 0.717) is 0 Å². The monoisotopic (exact) mass is 310 g/mol. The molecule has 0 aliphatic carbocycles. The van der Waals surface area contributed by atoms with Crippen LogP contribution in [0, 0.1) is 0 Å². The molecule has 0 unspecified atom stereocenters. The molecule has 0 bridgehead atoms. The zero-order chi connectivity index (χ0) is 12.8. The molecular formula is C16H11BrN2. The quantitative estimate of drug-likeness (QED) is 0.491. The lowest BCUT2D eigenvalue weighted by molar-refractivity contribution is 1.43. The summed E-state index contributed by atoms with van der Waals surface area (Å²) in [6.07, 6.45) is 2.06. The molecule has 0 radical (unpaired) electrons. The third-order valence-electron chi connectivity index (χ3n) is 3.46. The van der Waals surface area contributed by atoms with E-state index in [2.05, 4.69) is 74.6 Å². The van der Waals surface area contributed by atoms with E-state index in [9.17, 15) is 0 Å². The number of hydrogen-bond acceptors (Lipinski definition) is 0. The highest BCUT2D eigenvalue weighted by atomic mass is 79.9. The Bertz CT molecular complexity index is 853. The van der Waals surface area contributed by atoms with Crippen molar-refractivity contribution in [1.82, 2.24) is 9.97 Å². The van der Waals surface area contributed by atoms with Gasteiger partial charge in [-0.1, -0.05) is 34.1 Å². The van der Waals surface area contributed by atoms with Crippen LogP contribution in [0.3, 0.4) is 0 Å². The molecule has 0 aliphatic rings. The molecule has 4 aromatic rings. The van der Waals surface area contributed by atoms with Crippen LogP contribution < -0.4 is 0 Å². The van der Waals surface area contributed by atoms with Crippen molar-refractivity contribution in [3.63, 3.8) is 0 Å². The molecule has 2 nitrogen and oxygen atoms in total. The maximum Gasteiger partial charge on any atom is 0.0486 e. The second-order valence-corrected chi connectivity index (χ2v) is 5.58. The van der Waals surface area contributed by atoms with Gasteiger partial charge in [-0.05, 0) is 30.3 Å². The van der Waals surface area contributed by atoms with Gasteiger partial charge in [-0.2, -0.15) is 0 Å². The SMILES string of the molecule is Brc1ccc2[nH]cc(-c3cc4ccccc4[nH]3)c2c1. The first-order valence-corrected chi connectivity index (χ1v) is 6.95. The molecule has 0 spiro atoms. The van der Waals surface area contributed by atoms with Gasteiger partial charge >= 0.3 is 0 Å². The molecule has 19 heavy (non-hydrogen) atoms. The van der Waals surface area contributed by atoms with Crippen LogP contribution in [0.5, 0.6) is 0 Å². The number of benzene rings is 2. The Kier molecular flexibility index (Phi) is 2.29. The van der Waals surface area contributed by atoms with Gasteiger partial charge in [-0.25, -0.2) is 0 Å². The lowest BCUT2D eigenvalue weighted by atomic mass is 10.1. The number of aromatic nitrogens is 2. The van der Waals surface area contributed by atoms with Crippen LogP contribution in [0.25, 0.3) is 33.1 Å². The minimum Gasteiger partial charge on any atom is -0.360 e. The van der Waals surface area contributed by atoms with Gasteiger partial charge in [0.25, 0.3) is 0 Å². The second-order valence-electron chi connectivity index (χ2n) is 4.66. The molecule has 2 heterocycles. The van der Waals surface area contributed by atoms with E-state index in [1.54, 1.807) is 0 Å². The number of halogens is 1. The van der Waals surface area contributed by atoms with Crippen LogP contribution in [0.15, 0.2) is 59.2 Å². The smallest absolute Gasteiger partial charge is 0.0486 e. The van der Waals surface area contributed by atoms with Crippen molar-refractivity contribution < 1.29 is 0 Å². The fourth-order valence-electron chi connectivity index (χ4n) is 2.53. The Morgan fingerprint density at radius 3 is 2.68 bits per heavy atom. The highest BCUT2D eigenvalue weighted by Gasteiger charge is 2.09. The van der Waals surface area contributed by atoms with Gasteiger partial charge in [0.1, 0.15) is 0 Å². The minimum atomic E-state index is 1.09. The highest BCUT2D eigenvalue weighted by Crippen LogP contribution is 2.31. The summed E-state index contributed by atoms with van der Waals surface area (Å²) >= 11 is 3.53. The van der Waals surface area contributed by atoms with E-state index in [0.717, 1.165) is 15.7 Å². The number of fused-ring (bicyclic) bond motifs is 2. The van der Waals surface area contributed by atoms with Crippen molar-refractivity contribution in [3.8, 4) is 11.3 Å². The van der Waals surface area contributed by atoms with Gasteiger partial charge in [-0.15, -0.1) is 0 Å². The molecule has 0 amide bonds. The average molecular weight is 311 g/mol. The molecule has 92 valence electrons. The largest absolute Gasteiger partial charge is 0.360 e. The summed E-state index contributed by atoms with van der Waals surface area (Å²) < 4.78 is 1.09. The highest BCUT2D eigenvalue weighted by molar-refractivity contribution is 9.10. The second kappa shape index (κ2) is 4.00. The van der Waals surface area contributed by atoms with Crippen molar-refractivity contribution in [2.75, 3.05) is 0 Å². The zero-order valence-corrected chi connectivity index (χ0v) is 11.7. The van der Waals surface area contributed by atoms with Gasteiger partial charge in [0.15, 0.2) is 0 Å². The molecule has 0 saturated carbocycles. The number of aromatic amines is 2. The molecule has 2 aromatic carbocycles. The van der Waals surface area contributed by atoms with E-state index < -0.39 is 0 Å². The van der Waals surface area contributed by atoms with Crippen LogP contribution in [-0.4, -0.2) is 9.97 Å². The molecule has 0 aliphatic heterocycles. The van der Waals surface area contributed by atoms with Gasteiger partial charge in [0, 0.05) is 43.7 Å². The van der Waals surface area contributed by atoms with Crippen molar-refractivity contribution in [1.29, 1.82) is 0 Å². The predicted octanol–water partition coefficient (Wildman–Crippen LogP) is 5.08. The van der Waals surface area contributed by atoms with Crippen LogP contribution in [0.4, 0.5) is 0 Å². The van der Waals surface area contributed by atoms with Gasteiger partial charge in [0.05, 0.1) is 0 Å². The van der Waals surface area contributed by atoms with E-state index >= 15 is 0 Å². The topological polar surface area (TPSA) is 31.6 Å². The molecular weight excluding hydrogens is 300 g/mol. The van der Waals surface area contributed by atoms with Crippen LogP contribution in [0.2, 0.25) is 0 Å². The fraction of sp³-hybridized carbons (Fsp3) is 0. The van der Waals surface area contributed by atoms with Crippen LogP contribution >= 0.6 is 15.9 Å². The minimum absolute atomic E-state index is 1.09. The summed E-state index contributed by atoms with van der Waals surface area (Å²) in [5.41, 5.74) is 4.66. The Labute approximate surface area is 118 Å². The summed E-state index contributed by atoms with van der Waals surface area (Å²) in [7, 11) is 0. The molecule has 0 saturated heterocycles. The van der Waals surface area contributed by atoms with E-state index in [1.165, 1.54) is 21.9 Å². The standard InChI is InChI=1S/C16H11BrN2/c17-11-5-6-15-12(8-11)13(9-18-15)16-7-10-3-1-2-4-14(10)19-16/h1-9,18-19H. The van der Waals surface area contributed by atoms with Gasteiger partial charge in [0.2, 0.25) is 0 Å². The molecule has 2 aromatic heterocycles. The van der Waals surface area contributed by atoms with E-state index in [-0.39, 0.29) is 0 Å². The summed E-state index contributed by atoms with van der Waals surface area (Å²) in [6.45, 7) is 0. The molecule has 0 fully saturated rings. The number of nitrogens with one attached hydrogen (secondary N) is 2. The number of H-pyrrole nitrogens is 2. The predicted molar refractivity (Wildman–Crippen MR) is 83.3 cm³/mol. The Balaban J connectivity index is 2.00. The van der Waals surface area contributed by atoms with Crippen LogP contribution in [0.1, 0.15) is 0 Å². The summed E-state index contributed by atoms with van der Waals surface area (Å²) in [5.74, 6) is 0. The number of rotatable bonds is 1. The summed E-state index contributed by atoms with van der Waals surface area (Å²) in [4.78, 5) is 6.79. The first-order chi connectivity index (χ1) is 9.31. The average Bonchev–Trinajstić information content (AvgIpc) is 3.00. The maximum atomic E-state index is 3.53. The van der Waals surface area contributed by atoms with Crippen molar-refractivity contribution >= 4 is 37.7 Å². The maximum absolute atomic E-state index is 3.53. The van der Waals surface area contributed by atoms with Gasteiger partial charge in [-0.3, -0.25) is 0 Å².